The van der Waals surface area contributed by atoms with Gasteiger partial charge >= 0.3 is 12.1 Å². The number of halogens is 1. The van der Waals surface area contributed by atoms with E-state index in [4.69, 9.17) is 15.2 Å². The van der Waals surface area contributed by atoms with Crippen molar-refractivity contribution in [2.24, 2.45) is 11.8 Å². The predicted molar refractivity (Wildman–Crippen MR) is 226 cm³/mol. The van der Waals surface area contributed by atoms with E-state index in [1.54, 1.807) is 36.5 Å². The number of anilines is 2. The van der Waals surface area contributed by atoms with Crippen LogP contribution in [0.3, 0.4) is 0 Å². The maximum absolute atomic E-state index is 13.5. The highest BCUT2D eigenvalue weighted by Crippen LogP contribution is 2.29. The van der Waals surface area contributed by atoms with Crippen LogP contribution in [-0.2, 0) is 14.3 Å². The third kappa shape index (κ3) is 11.4. The number of nitrogens with one attached hydrogen (secondary N) is 1. The predicted octanol–water partition coefficient (Wildman–Crippen LogP) is 6.98. The molecule has 3 saturated heterocycles. The van der Waals surface area contributed by atoms with Crippen LogP contribution in [0.5, 0.6) is 0 Å². The molecule has 4 aromatic rings. The number of esters is 1. The molecule has 0 unspecified atom stereocenters. The molecule has 14 nitrogen and oxygen atoms in total. The van der Waals surface area contributed by atoms with Gasteiger partial charge in [-0.25, -0.2) is 23.9 Å². The Balaban J connectivity index is 0.860. The Hall–Kier alpha value is -5.41. The monoisotopic (exact) mass is 823 g/mol. The normalized spacial score (nSPS) is 18.2. The average molecular weight is 824 g/mol. The van der Waals surface area contributed by atoms with Crippen molar-refractivity contribution in [1.82, 2.24) is 34.4 Å². The number of nitrogen functional groups attached to an aromatic ring is 1. The van der Waals surface area contributed by atoms with Gasteiger partial charge < -0.3 is 35.2 Å². The van der Waals surface area contributed by atoms with Crippen molar-refractivity contribution in [1.29, 1.82) is 0 Å². The Morgan fingerprint density at radius 2 is 1.53 bits per heavy atom. The minimum atomic E-state index is -1.34. The first-order valence-corrected chi connectivity index (χ1v) is 21.3. The standard InChI is InChI=1S/C45H58FN9O5/c1-45(2,3)60-44(58)54-25-16-31(17-26-54)13-20-52-21-14-32(15-22-52)29-53-23-18-37(19-24-53)55-30-34(27-49-55)38-28-48-41(47)39(51-38)43(57)59-40(33-7-5-4-6-8-33)42(56)50-36-11-9-35(46)10-12-36/h4-12,27-28,30-32,37,40H,13-26,29H2,1-3H3,(H2,47,48)(H,50,56)/t40-/m1/s1. The summed E-state index contributed by atoms with van der Waals surface area (Å²) in [6.07, 6.45) is 11.4. The lowest BCUT2D eigenvalue weighted by Gasteiger charge is -2.38. The van der Waals surface area contributed by atoms with Crippen LogP contribution in [0.25, 0.3) is 11.3 Å². The highest BCUT2D eigenvalue weighted by molar-refractivity contribution is 5.99. The van der Waals surface area contributed by atoms with Gasteiger partial charge in [0.2, 0.25) is 6.10 Å². The molecule has 15 heteroatoms. The van der Waals surface area contributed by atoms with E-state index in [0.29, 0.717) is 34.3 Å². The van der Waals surface area contributed by atoms with E-state index < -0.39 is 29.4 Å². The van der Waals surface area contributed by atoms with Crippen LogP contribution in [0.4, 0.5) is 20.7 Å². The number of carbonyl (C=O) groups is 3. The summed E-state index contributed by atoms with van der Waals surface area (Å²) >= 11 is 0. The fraction of sp³-hybridized carbons (Fsp3) is 0.511. The van der Waals surface area contributed by atoms with Crippen LogP contribution in [-0.4, -0.2) is 110 Å². The summed E-state index contributed by atoms with van der Waals surface area (Å²) < 4.78 is 26.7. The Kier molecular flexibility index (Phi) is 13.8. The van der Waals surface area contributed by atoms with E-state index in [9.17, 15) is 18.8 Å². The second kappa shape index (κ2) is 19.3. The Morgan fingerprint density at radius 1 is 0.867 bits per heavy atom. The quantitative estimate of drug-likeness (QED) is 0.142. The van der Waals surface area contributed by atoms with Crippen molar-refractivity contribution in [3.05, 3.63) is 90.3 Å². The second-order valence-corrected chi connectivity index (χ2v) is 17.4. The van der Waals surface area contributed by atoms with Gasteiger partial charge in [0, 0.05) is 55.7 Å². The van der Waals surface area contributed by atoms with Gasteiger partial charge in [-0.15, -0.1) is 0 Å². The molecule has 0 saturated carbocycles. The maximum atomic E-state index is 13.5. The number of hydrogen-bond acceptors (Lipinski definition) is 11. The fourth-order valence-corrected chi connectivity index (χ4v) is 8.38. The van der Waals surface area contributed by atoms with Gasteiger partial charge in [0.15, 0.2) is 11.5 Å². The van der Waals surface area contributed by atoms with Crippen LogP contribution in [0.2, 0.25) is 0 Å². The number of hydrogen-bond donors (Lipinski definition) is 2. The number of amides is 2. The molecular weight excluding hydrogens is 766 g/mol. The fourth-order valence-electron chi connectivity index (χ4n) is 8.38. The number of rotatable bonds is 12. The highest BCUT2D eigenvalue weighted by atomic mass is 19.1. The van der Waals surface area contributed by atoms with Crippen molar-refractivity contribution < 1.29 is 28.2 Å². The van der Waals surface area contributed by atoms with E-state index in [0.717, 1.165) is 78.0 Å². The third-order valence-corrected chi connectivity index (χ3v) is 11.8. The molecule has 0 spiro atoms. The molecule has 3 aliphatic rings. The van der Waals surface area contributed by atoms with Crippen molar-refractivity contribution in [2.75, 3.05) is 63.4 Å². The summed E-state index contributed by atoms with van der Waals surface area (Å²) in [4.78, 5) is 55.2. The second-order valence-electron chi connectivity index (χ2n) is 17.4. The van der Waals surface area contributed by atoms with E-state index in [-0.39, 0.29) is 23.6 Å². The summed E-state index contributed by atoms with van der Waals surface area (Å²) in [5, 5.41) is 7.35. The zero-order chi connectivity index (χ0) is 42.2. The van der Waals surface area contributed by atoms with Gasteiger partial charge in [0.05, 0.1) is 24.1 Å². The van der Waals surface area contributed by atoms with Crippen molar-refractivity contribution in [3.63, 3.8) is 0 Å². The van der Waals surface area contributed by atoms with E-state index in [1.165, 1.54) is 49.7 Å². The van der Waals surface area contributed by atoms with Crippen LogP contribution in [0.15, 0.2) is 73.2 Å². The molecule has 7 rings (SSSR count). The molecule has 0 radical (unpaired) electrons. The van der Waals surface area contributed by atoms with Gasteiger partial charge in [-0.1, -0.05) is 30.3 Å². The molecule has 0 bridgehead atoms. The molecule has 5 heterocycles. The first-order valence-electron chi connectivity index (χ1n) is 21.3. The molecule has 1 atom stereocenters. The SMILES string of the molecule is CC(C)(C)OC(=O)N1CCC(CCN2CCC(CN3CCC(n4cc(-c5cnc(N)c(C(=O)O[C@@H](C(=O)Nc6ccc(F)cc6)c6ccccc6)n5)cn4)CC3)CC2)CC1. The highest BCUT2D eigenvalue weighted by Gasteiger charge is 2.31. The van der Waals surface area contributed by atoms with Crippen LogP contribution in [0, 0.1) is 17.7 Å². The number of ether oxygens (including phenoxy) is 2. The van der Waals surface area contributed by atoms with Crippen molar-refractivity contribution >= 4 is 29.5 Å². The average Bonchev–Trinajstić information content (AvgIpc) is 3.74. The zero-order valence-corrected chi connectivity index (χ0v) is 35.0. The van der Waals surface area contributed by atoms with Crippen molar-refractivity contribution in [2.45, 2.75) is 83.5 Å². The minimum absolute atomic E-state index is 0.131. The molecule has 60 heavy (non-hydrogen) atoms. The summed E-state index contributed by atoms with van der Waals surface area (Å²) in [6.45, 7) is 13.9. The maximum Gasteiger partial charge on any atom is 0.410 e. The minimum Gasteiger partial charge on any atom is -0.444 e. The number of nitrogens with two attached hydrogens (primary N) is 1. The van der Waals surface area contributed by atoms with E-state index in [1.807, 2.05) is 36.5 Å². The largest absolute Gasteiger partial charge is 0.444 e. The molecule has 3 aliphatic heterocycles. The van der Waals surface area contributed by atoms with E-state index in [2.05, 4.69) is 30.2 Å². The first-order chi connectivity index (χ1) is 28.9. The summed E-state index contributed by atoms with van der Waals surface area (Å²) in [5.41, 5.74) is 7.32. The summed E-state index contributed by atoms with van der Waals surface area (Å²) in [6, 6.07) is 14.1. The van der Waals surface area contributed by atoms with Gasteiger partial charge in [0.1, 0.15) is 11.4 Å². The molecule has 2 aromatic carbocycles. The van der Waals surface area contributed by atoms with Gasteiger partial charge in [-0.05, 0) is 121 Å². The smallest absolute Gasteiger partial charge is 0.410 e. The number of piperidine rings is 3. The Morgan fingerprint density at radius 3 is 2.22 bits per heavy atom. The molecule has 320 valence electrons. The van der Waals surface area contributed by atoms with Crippen LogP contribution < -0.4 is 11.1 Å². The van der Waals surface area contributed by atoms with Gasteiger partial charge in [0.25, 0.3) is 5.91 Å². The number of aromatic nitrogens is 4. The molecular formula is C45H58FN9O5. The summed E-state index contributed by atoms with van der Waals surface area (Å²) in [7, 11) is 0. The molecule has 2 aromatic heterocycles. The lowest BCUT2D eigenvalue weighted by atomic mass is 9.91. The van der Waals surface area contributed by atoms with Gasteiger partial charge in [-0.3, -0.25) is 9.48 Å². The zero-order valence-electron chi connectivity index (χ0n) is 35.0. The molecule has 2 amide bonds. The number of benzene rings is 2. The van der Waals surface area contributed by atoms with Crippen molar-refractivity contribution in [3.8, 4) is 11.3 Å². The topological polar surface area (TPSA) is 161 Å². The van der Waals surface area contributed by atoms with Gasteiger partial charge in [-0.2, -0.15) is 5.10 Å². The summed E-state index contributed by atoms with van der Waals surface area (Å²) in [5.74, 6) is -0.729. The Labute approximate surface area is 351 Å². The van der Waals surface area contributed by atoms with Crippen LogP contribution in [0.1, 0.15) is 93.9 Å². The number of nitrogens with zero attached hydrogens (tertiary/aromatic N) is 7. The molecule has 3 N–H and O–H groups in total. The molecule has 0 aliphatic carbocycles. The van der Waals surface area contributed by atoms with Crippen LogP contribution >= 0.6 is 0 Å². The molecule has 3 fully saturated rings. The lowest BCUT2D eigenvalue weighted by Crippen LogP contribution is -2.43. The number of likely N-dealkylation sites (tertiary alicyclic amines) is 3. The first kappa shape index (κ1) is 42.7. The third-order valence-electron chi connectivity index (χ3n) is 11.8. The number of carbonyl (C=O) groups excluding carboxylic acids is 3. The van der Waals surface area contributed by atoms with E-state index >= 15 is 0 Å². The Bertz CT molecular complexity index is 2050. The lowest BCUT2D eigenvalue weighted by molar-refractivity contribution is -0.125.